The van der Waals surface area contributed by atoms with Crippen LogP contribution in [0.15, 0.2) is 60.7 Å². The Labute approximate surface area is 219 Å². The maximum Gasteiger partial charge on any atom is 0.348 e. The molecule has 0 fully saturated rings. The van der Waals surface area contributed by atoms with E-state index in [1.165, 1.54) is 18.4 Å². The monoisotopic (exact) mass is 519 g/mol. The molecule has 0 saturated carbocycles. The summed E-state index contributed by atoms with van der Waals surface area (Å²) < 4.78 is 22.7. The number of hydrogen-bond donors (Lipinski definition) is 1. The first-order valence-corrected chi connectivity index (χ1v) is 12.7. The van der Waals surface area contributed by atoms with E-state index in [9.17, 15) is 9.59 Å². The lowest BCUT2D eigenvalue weighted by Crippen LogP contribution is -2.09. The second kappa shape index (κ2) is 11.9. The van der Waals surface area contributed by atoms with Crippen LogP contribution in [0.4, 0.5) is 0 Å². The number of methoxy groups -OCH3 is 2. The summed E-state index contributed by atoms with van der Waals surface area (Å²) in [4.78, 5) is 25.3. The van der Waals surface area contributed by atoms with Crippen molar-refractivity contribution in [2.24, 2.45) is 5.73 Å². The van der Waals surface area contributed by atoms with Gasteiger partial charge < -0.3 is 24.7 Å². The van der Waals surface area contributed by atoms with Gasteiger partial charge in [0.15, 0.2) is 0 Å². The summed E-state index contributed by atoms with van der Waals surface area (Å²) >= 11 is 1.37. The highest BCUT2D eigenvalue weighted by Gasteiger charge is 2.21. The highest BCUT2D eigenvalue weighted by molar-refractivity contribution is 7.21. The van der Waals surface area contributed by atoms with Gasteiger partial charge in [0.1, 0.15) is 23.0 Å². The maximum absolute atomic E-state index is 12.9. The number of carbonyl (C=O) groups is 2. The molecule has 0 saturated heterocycles. The molecule has 192 valence electrons. The number of benzene rings is 3. The van der Waals surface area contributed by atoms with E-state index in [2.05, 4.69) is 12.1 Å². The molecule has 0 bridgehead atoms. The van der Waals surface area contributed by atoms with Crippen LogP contribution in [0, 0.1) is 0 Å². The third-order valence-corrected chi connectivity index (χ3v) is 7.15. The number of nitrogens with two attached hydrogens (primary N) is 1. The molecule has 0 aliphatic carbocycles. The Bertz CT molecular complexity index is 1430. The minimum Gasteiger partial charge on any atom is -0.497 e. The molecule has 8 heteroatoms. The molecule has 0 unspecified atom stereocenters. The van der Waals surface area contributed by atoms with Crippen LogP contribution in [0.3, 0.4) is 0 Å². The zero-order chi connectivity index (χ0) is 26.4. The SMILES string of the molecule is CCOC(=O)c1sc2ccc(-c3cccc(CN)c3)cc2c1COc1cc(OC)ccc1CC(=O)OC. The number of esters is 2. The number of rotatable bonds is 10. The summed E-state index contributed by atoms with van der Waals surface area (Å²) in [6.07, 6.45) is 0.0482. The van der Waals surface area contributed by atoms with Crippen LogP contribution < -0.4 is 15.2 Å². The topological polar surface area (TPSA) is 97.1 Å². The van der Waals surface area contributed by atoms with E-state index < -0.39 is 5.97 Å². The minimum atomic E-state index is -0.394. The van der Waals surface area contributed by atoms with Crippen molar-refractivity contribution in [1.29, 1.82) is 0 Å². The first-order chi connectivity index (χ1) is 18.0. The van der Waals surface area contributed by atoms with E-state index in [0.717, 1.165) is 32.3 Å². The normalized spacial score (nSPS) is 10.8. The van der Waals surface area contributed by atoms with Gasteiger partial charge in [0.2, 0.25) is 0 Å². The third kappa shape index (κ3) is 5.93. The van der Waals surface area contributed by atoms with Gasteiger partial charge in [-0.2, -0.15) is 0 Å². The van der Waals surface area contributed by atoms with Crippen LogP contribution in [0.5, 0.6) is 11.5 Å². The fraction of sp³-hybridized carbons (Fsp3) is 0.241. The van der Waals surface area contributed by atoms with Gasteiger partial charge in [-0.15, -0.1) is 11.3 Å². The molecule has 0 aliphatic rings. The second-order valence-corrected chi connectivity index (χ2v) is 9.31. The zero-order valence-corrected chi connectivity index (χ0v) is 21.9. The van der Waals surface area contributed by atoms with E-state index in [4.69, 9.17) is 24.7 Å². The largest absolute Gasteiger partial charge is 0.497 e. The van der Waals surface area contributed by atoms with Gasteiger partial charge in [-0.05, 0) is 47.9 Å². The number of fused-ring (bicyclic) bond motifs is 1. The Hall–Kier alpha value is -3.88. The van der Waals surface area contributed by atoms with Crippen molar-refractivity contribution in [3.8, 4) is 22.6 Å². The molecule has 0 radical (unpaired) electrons. The van der Waals surface area contributed by atoms with E-state index in [0.29, 0.717) is 28.5 Å². The molecule has 0 aliphatic heterocycles. The van der Waals surface area contributed by atoms with E-state index >= 15 is 0 Å². The summed E-state index contributed by atoms with van der Waals surface area (Å²) in [6.45, 7) is 2.60. The molecule has 4 aromatic rings. The maximum atomic E-state index is 12.9. The highest BCUT2D eigenvalue weighted by atomic mass is 32.1. The van der Waals surface area contributed by atoms with Crippen LogP contribution in [-0.2, 0) is 33.8 Å². The predicted octanol–water partition coefficient (Wildman–Crippen LogP) is 5.51. The standard InChI is InChI=1S/C29H29NO6S/c1-4-35-29(32)28-24(17-36-25-15-22(33-2)10-8-21(25)14-27(31)34-3)23-13-20(9-11-26(23)37-28)19-7-5-6-18(12-19)16-30/h5-13,15H,4,14,16-17,30H2,1-3H3. The van der Waals surface area contributed by atoms with Gasteiger partial charge in [-0.3, -0.25) is 4.79 Å². The molecule has 37 heavy (non-hydrogen) atoms. The predicted molar refractivity (Wildman–Crippen MR) is 144 cm³/mol. The molecule has 0 atom stereocenters. The number of ether oxygens (including phenoxy) is 4. The average Bonchev–Trinajstić information content (AvgIpc) is 3.30. The van der Waals surface area contributed by atoms with Crippen molar-refractivity contribution in [3.05, 3.63) is 82.2 Å². The van der Waals surface area contributed by atoms with Crippen molar-refractivity contribution >= 4 is 33.4 Å². The van der Waals surface area contributed by atoms with Crippen LogP contribution in [-0.4, -0.2) is 32.8 Å². The summed E-state index contributed by atoms with van der Waals surface area (Å²) in [6, 6.07) is 19.4. The number of carbonyl (C=O) groups excluding carboxylic acids is 2. The second-order valence-electron chi connectivity index (χ2n) is 8.26. The van der Waals surface area contributed by atoms with Crippen molar-refractivity contribution in [3.63, 3.8) is 0 Å². The lowest BCUT2D eigenvalue weighted by Gasteiger charge is -2.13. The van der Waals surface area contributed by atoms with E-state index in [-0.39, 0.29) is 25.6 Å². The molecule has 1 heterocycles. The third-order valence-electron chi connectivity index (χ3n) is 5.96. The molecular formula is C29H29NO6S. The summed E-state index contributed by atoms with van der Waals surface area (Å²) in [7, 11) is 2.90. The van der Waals surface area contributed by atoms with Crippen molar-refractivity contribution in [2.45, 2.75) is 26.5 Å². The number of thiophene rings is 1. The van der Waals surface area contributed by atoms with Gasteiger partial charge >= 0.3 is 11.9 Å². The lowest BCUT2D eigenvalue weighted by molar-refractivity contribution is -0.139. The Morgan fingerprint density at radius 1 is 0.973 bits per heavy atom. The summed E-state index contributed by atoms with van der Waals surface area (Å²) in [5.74, 6) is 0.291. The van der Waals surface area contributed by atoms with Gasteiger partial charge in [0.05, 0.1) is 27.2 Å². The highest BCUT2D eigenvalue weighted by Crippen LogP contribution is 2.37. The summed E-state index contributed by atoms with van der Waals surface area (Å²) in [5, 5.41) is 0.904. The van der Waals surface area contributed by atoms with Crippen molar-refractivity contribution in [2.75, 3.05) is 20.8 Å². The molecule has 0 spiro atoms. The van der Waals surface area contributed by atoms with Gasteiger partial charge in [0, 0.05) is 33.8 Å². The first kappa shape index (κ1) is 26.2. The Morgan fingerprint density at radius 2 is 1.78 bits per heavy atom. The molecule has 3 aromatic carbocycles. The Balaban J connectivity index is 1.76. The van der Waals surface area contributed by atoms with Crippen LogP contribution in [0.2, 0.25) is 0 Å². The van der Waals surface area contributed by atoms with Crippen LogP contribution in [0.1, 0.15) is 33.3 Å². The minimum absolute atomic E-state index is 0.0482. The molecule has 2 N–H and O–H groups in total. The smallest absolute Gasteiger partial charge is 0.348 e. The molecule has 1 aromatic heterocycles. The molecule has 0 amide bonds. The quantitative estimate of drug-likeness (QED) is 0.276. The Kier molecular flexibility index (Phi) is 8.43. The van der Waals surface area contributed by atoms with E-state index in [1.54, 1.807) is 32.2 Å². The zero-order valence-electron chi connectivity index (χ0n) is 21.0. The van der Waals surface area contributed by atoms with Crippen LogP contribution >= 0.6 is 11.3 Å². The first-order valence-electron chi connectivity index (χ1n) is 11.9. The van der Waals surface area contributed by atoms with Gasteiger partial charge in [0.25, 0.3) is 0 Å². The lowest BCUT2D eigenvalue weighted by atomic mass is 10.0. The Morgan fingerprint density at radius 3 is 2.51 bits per heavy atom. The van der Waals surface area contributed by atoms with Gasteiger partial charge in [-0.25, -0.2) is 4.79 Å². The fourth-order valence-electron chi connectivity index (χ4n) is 4.03. The average molecular weight is 520 g/mol. The van der Waals surface area contributed by atoms with E-state index in [1.807, 2.05) is 30.3 Å². The molecular weight excluding hydrogens is 490 g/mol. The van der Waals surface area contributed by atoms with Crippen LogP contribution in [0.25, 0.3) is 21.2 Å². The van der Waals surface area contributed by atoms with Crippen molar-refractivity contribution in [1.82, 2.24) is 0 Å². The summed E-state index contributed by atoms with van der Waals surface area (Å²) in [5.41, 5.74) is 10.3. The number of hydrogen-bond acceptors (Lipinski definition) is 8. The fourth-order valence-corrected chi connectivity index (χ4v) is 5.11. The van der Waals surface area contributed by atoms with Gasteiger partial charge in [-0.1, -0.05) is 30.3 Å². The molecule has 7 nitrogen and oxygen atoms in total. The van der Waals surface area contributed by atoms with Crippen molar-refractivity contribution < 1.29 is 28.5 Å². The molecule has 4 rings (SSSR count).